The summed E-state index contributed by atoms with van der Waals surface area (Å²) in [6.07, 6.45) is 1.45. The van der Waals surface area contributed by atoms with E-state index in [9.17, 15) is 4.79 Å². The maximum Gasteiger partial charge on any atom is 0.250 e. The van der Waals surface area contributed by atoms with Crippen molar-refractivity contribution in [2.24, 2.45) is 5.73 Å². The Morgan fingerprint density at radius 1 is 1.53 bits per heavy atom. The molecule has 0 unspecified atom stereocenters. The van der Waals surface area contributed by atoms with Crippen molar-refractivity contribution in [3.63, 3.8) is 0 Å². The number of thiophene rings is 1. The van der Waals surface area contributed by atoms with Gasteiger partial charge < -0.3 is 16.4 Å². The Kier molecular flexibility index (Phi) is 4.06. The van der Waals surface area contributed by atoms with Crippen LogP contribution in [0.15, 0.2) is 28.2 Å². The van der Waals surface area contributed by atoms with Crippen molar-refractivity contribution >= 4 is 44.7 Å². The van der Waals surface area contributed by atoms with E-state index < -0.39 is 5.91 Å². The molecule has 0 saturated carbocycles. The average Bonchev–Trinajstić information content (AvgIpc) is 2.74. The minimum Gasteiger partial charge on any atom is -0.397 e. The summed E-state index contributed by atoms with van der Waals surface area (Å²) in [5, 5.41) is 2.02. The molecular formula is C12H13BrN4OS. The molecule has 2 aromatic rings. The van der Waals surface area contributed by atoms with Crippen molar-refractivity contribution in [1.82, 2.24) is 4.98 Å². The lowest BCUT2D eigenvalue weighted by Crippen LogP contribution is -2.20. The number of rotatable bonds is 4. The first kappa shape index (κ1) is 13.8. The lowest BCUT2D eigenvalue weighted by Gasteiger charge is -2.18. The van der Waals surface area contributed by atoms with E-state index in [-0.39, 0.29) is 0 Å². The van der Waals surface area contributed by atoms with E-state index in [1.807, 2.05) is 23.4 Å². The van der Waals surface area contributed by atoms with E-state index in [0.29, 0.717) is 23.6 Å². The highest BCUT2D eigenvalue weighted by molar-refractivity contribution is 9.10. The first-order chi connectivity index (χ1) is 8.97. The zero-order valence-electron chi connectivity index (χ0n) is 10.3. The molecular weight excluding hydrogens is 328 g/mol. The number of primary amides is 1. The second-order valence-electron chi connectivity index (χ2n) is 4.08. The molecule has 100 valence electrons. The van der Waals surface area contributed by atoms with Crippen molar-refractivity contribution in [1.29, 1.82) is 0 Å². The molecule has 1 amide bonds. The zero-order valence-corrected chi connectivity index (χ0v) is 12.7. The topological polar surface area (TPSA) is 85.2 Å². The summed E-state index contributed by atoms with van der Waals surface area (Å²) < 4.78 is 1.06. The molecule has 5 nitrogen and oxygen atoms in total. The summed E-state index contributed by atoms with van der Waals surface area (Å²) in [5.74, 6) is 0.112. The SMILES string of the molecule is CN(Cc1cc(Br)cs1)c1cc(C(N)=O)c(N)cn1. The van der Waals surface area contributed by atoms with E-state index in [1.54, 1.807) is 17.4 Å². The minimum absolute atomic E-state index is 0.295. The highest BCUT2D eigenvalue weighted by Gasteiger charge is 2.11. The third kappa shape index (κ3) is 3.24. The first-order valence-electron chi connectivity index (χ1n) is 5.46. The number of nitrogens with zero attached hydrogens (tertiary/aromatic N) is 2. The van der Waals surface area contributed by atoms with Gasteiger partial charge in [0.25, 0.3) is 5.91 Å². The van der Waals surface area contributed by atoms with Crippen LogP contribution in [0.25, 0.3) is 0 Å². The van der Waals surface area contributed by atoms with Crippen LogP contribution in [0.5, 0.6) is 0 Å². The molecule has 7 heteroatoms. The molecule has 2 aromatic heterocycles. The highest BCUT2D eigenvalue weighted by Crippen LogP contribution is 2.23. The number of aromatic nitrogens is 1. The summed E-state index contributed by atoms with van der Waals surface area (Å²) in [7, 11) is 1.90. The van der Waals surface area contributed by atoms with Gasteiger partial charge in [0.05, 0.1) is 24.0 Å². The number of amides is 1. The molecule has 4 N–H and O–H groups in total. The number of pyridine rings is 1. The van der Waals surface area contributed by atoms with E-state index in [2.05, 4.69) is 20.9 Å². The van der Waals surface area contributed by atoms with Crippen LogP contribution in [0.4, 0.5) is 11.5 Å². The Balaban J connectivity index is 2.21. The van der Waals surface area contributed by atoms with Gasteiger partial charge in [-0.05, 0) is 28.1 Å². The monoisotopic (exact) mass is 340 g/mol. The normalized spacial score (nSPS) is 10.4. The number of carbonyl (C=O) groups is 1. The Hall–Kier alpha value is -1.60. The number of halogens is 1. The maximum absolute atomic E-state index is 11.3. The van der Waals surface area contributed by atoms with Crippen LogP contribution in [0.3, 0.4) is 0 Å². The molecule has 0 aliphatic rings. The molecule has 19 heavy (non-hydrogen) atoms. The van der Waals surface area contributed by atoms with Gasteiger partial charge in [-0.1, -0.05) is 0 Å². The number of anilines is 2. The van der Waals surface area contributed by atoms with Gasteiger partial charge in [-0.3, -0.25) is 4.79 Å². The van der Waals surface area contributed by atoms with Crippen molar-refractivity contribution < 1.29 is 4.79 Å². The number of nitrogens with two attached hydrogens (primary N) is 2. The number of hydrogen-bond acceptors (Lipinski definition) is 5. The van der Waals surface area contributed by atoms with Crippen LogP contribution < -0.4 is 16.4 Å². The van der Waals surface area contributed by atoms with Gasteiger partial charge in [0, 0.05) is 21.8 Å². The van der Waals surface area contributed by atoms with Gasteiger partial charge in [-0.2, -0.15) is 0 Å². The molecule has 0 radical (unpaired) electrons. The Labute approximate surface area is 123 Å². The summed E-state index contributed by atoms with van der Waals surface area (Å²) in [6, 6.07) is 3.66. The minimum atomic E-state index is -0.548. The first-order valence-corrected chi connectivity index (χ1v) is 7.14. The van der Waals surface area contributed by atoms with Gasteiger partial charge in [-0.25, -0.2) is 4.98 Å². The molecule has 0 spiro atoms. The third-order valence-corrected chi connectivity index (χ3v) is 4.27. The van der Waals surface area contributed by atoms with E-state index in [0.717, 1.165) is 4.47 Å². The zero-order chi connectivity index (χ0) is 14.0. The molecule has 0 fully saturated rings. The van der Waals surface area contributed by atoms with Crippen molar-refractivity contribution in [3.8, 4) is 0 Å². The molecule has 0 aromatic carbocycles. The predicted molar refractivity (Wildman–Crippen MR) is 81.3 cm³/mol. The van der Waals surface area contributed by atoms with E-state index in [4.69, 9.17) is 11.5 Å². The van der Waals surface area contributed by atoms with Crippen LogP contribution in [0.1, 0.15) is 15.2 Å². The number of carbonyl (C=O) groups excluding carboxylic acids is 1. The smallest absolute Gasteiger partial charge is 0.250 e. The summed E-state index contributed by atoms with van der Waals surface area (Å²) >= 11 is 5.07. The van der Waals surface area contributed by atoms with Crippen molar-refractivity contribution in [3.05, 3.63) is 38.6 Å². The van der Waals surface area contributed by atoms with Crippen LogP contribution in [0, 0.1) is 0 Å². The molecule has 2 rings (SSSR count). The number of nitrogen functional groups attached to an aromatic ring is 1. The highest BCUT2D eigenvalue weighted by atomic mass is 79.9. The van der Waals surface area contributed by atoms with Crippen LogP contribution in [-0.2, 0) is 6.54 Å². The molecule has 0 aliphatic heterocycles. The average molecular weight is 341 g/mol. The fourth-order valence-electron chi connectivity index (χ4n) is 1.63. The van der Waals surface area contributed by atoms with Crippen molar-refractivity contribution in [2.45, 2.75) is 6.54 Å². The Morgan fingerprint density at radius 2 is 2.26 bits per heavy atom. The predicted octanol–water partition coefficient (Wildman–Crippen LogP) is 2.22. The molecule has 0 aliphatic carbocycles. The van der Waals surface area contributed by atoms with Crippen LogP contribution >= 0.6 is 27.3 Å². The lowest BCUT2D eigenvalue weighted by molar-refractivity contribution is 0.100. The van der Waals surface area contributed by atoms with Crippen LogP contribution in [-0.4, -0.2) is 17.9 Å². The second-order valence-corrected chi connectivity index (χ2v) is 5.99. The molecule has 0 saturated heterocycles. The molecule has 0 atom stereocenters. The van der Waals surface area contributed by atoms with Gasteiger partial charge in [0.1, 0.15) is 5.82 Å². The van der Waals surface area contributed by atoms with E-state index in [1.165, 1.54) is 11.1 Å². The standard InChI is InChI=1S/C12H13BrN4OS/c1-17(5-8-2-7(13)6-19-8)11-3-9(12(15)18)10(14)4-16-11/h2-4,6H,5,14H2,1H3,(H2,15,18). The van der Waals surface area contributed by atoms with Crippen molar-refractivity contribution in [2.75, 3.05) is 17.7 Å². The summed E-state index contributed by atoms with van der Waals surface area (Å²) in [6.45, 7) is 0.700. The Morgan fingerprint density at radius 3 is 2.84 bits per heavy atom. The maximum atomic E-state index is 11.3. The van der Waals surface area contributed by atoms with Gasteiger partial charge in [-0.15, -0.1) is 11.3 Å². The second kappa shape index (κ2) is 5.58. The molecule has 2 heterocycles. The van der Waals surface area contributed by atoms with Gasteiger partial charge in [0.2, 0.25) is 0 Å². The lowest BCUT2D eigenvalue weighted by atomic mass is 10.2. The largest absolute Gasteiger partial charge is 0.397 e. The summed E-state index contributed by atoms with van der Waals surface area (Å²) in [4.78, 5) is 18.6. The molecule has 0 bridgehead atoms. The quantitative estimate of drug-likeness (QED) is 0.893. The van der Waals surface area contributed by atoms with Gasteiger partial charge in [0.15, 0.2) is 0 Å². The van der Waals surface area contributed by atoms with Crippen LogP contribution in [0.2, 0.25) is 0 Å². The van der Waals surface area contributed by atoms with E-state index >= 15 is 0 Å². The fourth-order valence-corrected chi connectivity index (χ4v) is 3.13. The Bertz CT molecular complexity index is 614. The number of hydrogen-bond donors (Lipinski definition) is 2. The fraction of sp³-hybridized carbons (Fsp3) is 0.167. The third-order valence-electron chi connectivity index (χ3n) is 2.59. The van der Waals surface area contributed by atoms with Gasteiger partial charge >= 0.3 is 0 Å². The summed E-state index contributed by atoms with van der Waals surface area (Å²) in [5.41, 5.74) is 11.5.